The maximum absolute atomic E-state index is 11.8. The minimum Gasteiger partial charge on any atom is -0.286 e. The fraction of sp³-hybridized carbons (Fsp3) is 0.500. The predicted molar refractivity (Wildman–Crippen MR) is 128 cm³/mol. The molecule has 0 saturated carbocycles. The van der Waals surface area contributed by atoms with Crippen molar-refractivity contribution in [2.75, 3.05) is 18.1 Å². The van der Waals surface area contributed by atoms with E-state index in [4.69, 9.17) is 9.11 Å². The van der Waals surface area contributed by atoms with E-state index in [-0.39, 0.29) is 23.6 Å². The minimum atomic E-state index is -4.47. The fourth-order valence-corrected chi connectivity index (χ4v) is 7.47. The van der Waals surface area contributed by atoms with E-state index in [1.807, 2.05) is 11.5 Å². The Morgan fingerprint density at radius 3 is 2.12 bits per heavy atom. The summed E-state index contributed by atoms with van der Waals surface area (Å²) < 4.78 is 98.3. The van der Waals surface area contributed by atoms with Crippen molar-refractivity contribution in [2.45, 2.75) is 47.6 Å². The van der Waals surface area contributed by atoms with Crippen molar-refractivity contribution in [1.29, 1.82) is 0 Å². The number of thiophene rings is 1. The Bertz CT molecular complexity index is 1470. The molecule has 10 nitrogen and oxygen atoms in total. The van der Waals surface area contributed by atoms with Crippen molar-refractivity contribution >= 4 is 75.8 Å². The Morgan fingerprint density at radius 1 is 1.00 bits per heavy atom. The highest BCUT2D eigenvalue weighted by Gasteiger charge is 2.48. The summed E-state index contributed by atoms with van der Waals surface area (Å²) >= 11 is 5.34. The summed E-state index contributed by atoms with van der Waals surface area (Å²) in [5.41, 5.74) is 1.33. The number of hydrogen-bond donors (Lipinski definition) is 4. The van der Waals surface area contributed by atoms with Crippen LogP contribution in [0.5, 0.6) is 0 Å². The molecule has 2 heterocycles. The molecule has 15 heteroatoms. The molecule has 0 saturated heterocycles. The number of thiol groups is 1. The Morgan fingerprint density at radius 2 is 1.58 bits per heavy atom. The third-order valence-corrected chi connectivity index (χ3v) is 10.5. The van der Waals surface area contributed by atoms with E-state index in [1.54, 1.807) is 13.0 Å². The van der Waals surface area contributed by atoms with Gasteiger partial charge in [-0.05, 0) is 25.8 Å². The van der Waals surface area contributed by atoms with Crippen molar-refractivity contribution in [3.63, 3.8) is 0 Å². The van der Waals surface area contributed by atoms with Gasteiger partial charge < -0.3 is 0 Å². The van der Waals surface area contributed by atoms with Gasteiger partial charge in [0.2, 0.25) is 5.69 Å². The lowest BCUT2D eigenvalue weighted by Crippen LogP contribution is -2.31. The van der Waals surface area contributed by atoms with Gasteiger partial charge in [-0.25, -0.2) is 0 Å². The molecule has 1 atom stereocenters. The minimum absolute atomic E-state index is 0.108. The van der Waals surface area contributed by atoms with Crippen molar-refractivity contribution in [1.82, 2.24) is 0 Å². The Labute approximate surface area is 202 Å². The molecule has 0 aliphatic carbocycles. The Balaban J connectivity index is 2.19. The third kappa shape index (κ3) is 5.61. The molecule has 1 aliphatic heterocycles. The van der Waals surface area contributed by atoms with Gasteiger partial charge in [-0.3, -0.25) is 13.7 Å². The van der Waals surface area contributed by atoms with Crippen molar-refractivity contribution in [3.05, 3.63) is 17.7 Å². The average Bonchev–Trinajstić information content (AvgIpc) is 3.15. The zero-order valence-corrected chi connectivity index (χ0v) is 21.9. The molecule has 1 aromatic carbocycles. The second kappa shape index (κ2) is 8.86. The zero-order chi connectivity index (χ0) is 25.0. The smallest absolute Gasteiger partial charge is 0.286 e. The number of hydrogen-bond acceptors (Lipinski definition) is 8. The monoisotopic (exact) mass is 558 g/mol. The van der Waals surface area contributed by atoms with Crippen molar-refractivity contribution < 1.29 is 43.5 Å². The lowest BCUT2D eigenvalue weighted by atomic mass is 9.75. The van der Waals surface area contributed by atoms with E-state index in [1.165, 1.54) is 6.07 Å². The molecule has 1 aromatic heterocycles. The molecule has 3 rings (SSSR count). The van der Waals surface area contributed by atoms with Crippen LogP contribution in [0.3, 0.4) is 0 Å². The van der Waals surface area contributed by atoms with E-state index >= 15 is 0 Å². The van der Waals surface area contributed by atoms with Crippen LogP contribution < -0.4 is 0 Å². The van der Waals surface area contributed by atoms with Crippen LogP contribution in [0.2, 0.25) is 0 Å². The molecule has 0 radical (unpaired) electrons. The highest BCUT2D eigenvalue weighted by Crippen LogP contribution is 2.50. The first-order chi connectivity index (χ1) is 14.9. The molecular formula is C18H24NO9S5+. The van der Waals surface area contributed by atoms with Crippen LogP contribution in [0.1, 0.15) is 38.7 Å². The number of benzene rings is 1. The van der Waals surface area contributed by atoms with Gasteiger partial charge in [0.15, 0.2) is 5.71 Å². The van der Waals surface area contributed by atoms with Gasteiger partial charge in [-0.2, -0.15) is 29.8 Å². The predicted octanol–water partition coefficient (Wildman–Crippen LogP) is 2.76. The molecule has 0 spiro atoms. The van der Waals surface area contributed by atoms with Gasteiger partial charge in [-0.1, -0.05) is 0 Å². The number of rotatable bonds is 9. The lowest BCUT2D eigenvalue weighted by Gasteiger charge is -2.23. The van der Waals surface area contributed by atoms with Crippen LogP contribution >= 0.6 is 24.0 Å². The summed E-state index contributed by atoms with van der Waals surface area (Å²) in [5, 5.41) is 0.529. The van der Waals surface area contributed by atoms with E-state index in [0.29, 0.717) is 32.7 Å². The van der Waals surface area contributed by atoms with E-state index in [9.17, 15) is 29.8 Å². The first-order valence-corrected chi connectivity index (χ1v) is 15.7. The lowest BCUT2D eigenvalue weighted by molar-refractivity contribution is -0.438. The molecule has 1 unspecified atom stereocenters. The van der Waals surface area contributed by atoms with Gasteiger partial charge in [0, 0.05) is 40.0 Å². The largest absolute Gasteiger partial charge is 0.304 e. The molecule has 3 N–H and O–H groups in total. The quantitative estimate of drug-likeness (QED) is 0.206. The second-order valence-corrected chi connectivity index (χ2v) is 14.5. The van der Waals surface area contributed by atoms with Gasteiger partial charge >= 0.3 is 10.1 Å². The van der Waals surface area contributed by atoms with Crippen molar-refractivity contribution in [3.8, 4) is 0 Å². The molecule has 0 fully saturated rings. The van der Waals surface area contributed by atoms with Gasteiger partial charge in [0.1, 0.15) is 10.8 Å². The van der Waals surface area contributed by atoms with Crippen LogP contribution in [0, 0.1) is 0 Å². The van der Waals surface area contributed by atoms with Gasteiger partial charge in [0.05, 0.1) is 16.9 Å². The van der Waals surface area contributed by atoms with Crippen LogP contribution in [0.4, 0.5) is 5.69 Å². The highest BCUT2D eigenvalue weighted by molar-refractivity contribution is 7.88. The Kier molecular flexibility index (Phi) is 7.12. The maximum Gasteiger partial charge on any atom is 0.304 e. The maximum atomic E-state index is 11.8. The van der Waals surface area contributed by atoms with Crippen molar-refractivity contribution in [2.24, 2.45) is 0 Å². The highest BCUT2D eigenvalue weighted by atomic mass is 32.3. The SMILES string of the molecule is CC1=[N+](CCCS(=O)(=O)O)c2cc(S)c3sc(S(=O)(=O)O)cc3c2C1(C)CCCS(=O)(=O)O. The van der Waals surface area contributed by atoms with E-state index < -0.39 is 47.3 Å². The second-order valence-electron chi connectivity index (χ2n) is 8.17. The Hall–Kier alpha value is -1.07. The fourth-order valence-electron chi connectivity index (χ4n) is 4.34. The number of fused-ring (bicyclic) bond motifs is 3. The summed E-state index contributed by atoms with van der Waals surface area (Å²) in [7, 11) is -12.8. The van der Waals surface area contributed by atoms with E-state index in [0.717, 1.165) is 17.0 Å². The summed E-state index contributed by atoms with van der Waals surface area (Å²) in [4.78, 5) is 0.457. The molecule has 184 valence electrons. The van der Waals surface area contributed by atoms with Crippen LogP contribution in [0.15, 0.2) is 21.2 Å². The summed E-state index contributed by atoms with van der Waals surface area (Å²) in [6.45, 7) is 3.89. The van der Waals surface area contributed by atoms with Gasteiger partial charge in [-0.15, -0.1) is 24.0 Å². The first kappa shape index (κ1) is 26.5. The topological polar surface area (TPSA) is 166 Å². The molecule has 1 aliphatic rings. The molecule has 33 heavy (non-hydrogen) atoms. The normalized spacial score (nSPS) is 19.5. The van der Waals surface area contributed by atoms with Gasteiger partial charge in [0.25, 0.3) is 20.2 Å². The van der Waals surface area contributed by atoms with E-state index in [2.05, 4.69) is 12.6 Å². The average molecular weight is 559 g/mol. The molecule has 0 bridgehead atoms. The molecule has 2 aromatic rings. The molecule has 0 amide bonds. The summed E-state index contributed by atoms with van der Waals surface area (Å²) in [5.74, 6) is -0.908. The molecular weight excluding hydrogens is 535 g/mol. The summed E-state index contributed by atoms with van der Waals surface area (Å²) in [6, 6.07) is 3.07. The zero-order valence-electron chi connectivity index (χ0n) is 17.7. The third-order valence-electron chi connectivity index (χ3n) is 5.90. The van der Waals surface area contributed by atoms with Crippen LogP contribution in [-0.4, -0.2) is 67.2 Å². The number of nitrogens with zero attached hydrogens (tertiary/aromatic N) is 1. The van der Waals surface area contributed by atoms with Crippen LogP contribution in [-0.2, 0) is 35.8 Å². The van der Waals surface area contributed by atoms with Crippen LogP contribution in [0.25, 0.3) is 10.1 Å². The standard InChI is InChI=1S/C18H23NO9S5/c1-11-18(2,5-3-7-31(20,21)22)16-12-9-15(33(26,27)28)30-17(12)14(29)10-13(16)19(11)6-4-8-32(23,24)25/h9-10H,3-8H2,1-2H3,(H3-,20,21,22,23,24,25,26,27,28,29)/p+1. The first-order valence-electron chi connectivity index (χ1n) is 9.73. The summed E-state index contributed by atoms with van der Waals surface area (Å²) in [6.07, 6.45) is 0.513.